The molecule has 0 radical (unpaired) electrons. The molecule has 0 unspecified atom stereocenters. The summed E-state index contributed by atoms with van der Waals surface area (Å²) in [6, 6.07) is 11.2. The van der Waals surface area contributed by atoms with Crippen molar-refractivity contribution in [3.63, 3.8) is 0 Å². The second kappa shape index (κ2) is 12.0. The number of nitrogens with one attached hydrogen (secondary N) is 2. The number of anilines is 2. The molecular weight excluding hydrogens is 529 g/mol. The van der Waals surface area contributed by atoms with E-state index in [1.165, 1.54) is 19.1 Å². The summed E-state index contributed by atoms with van der Waals surface area (Å²) in [5.41, 5.74) is 1.60. The lowest BCUT2D eigenvalue weighted by atomic mass is 9.92. The van der Waals surface area contributed by atoms with Crippen LogP contribution in [0.3, 0.4) is 0 Å². The first-order valence-corrected chi connectivity index (χ1v) is 12.7. The zero-order valence-electron chi connectivity index (χ0n) is 22.6. The summed E-state index contributed by atoms with van der Waals surface area (Å²) < 4.78 is 12.1. The topological polar surface area (TPSA) is 97.7 Å². The molecule has 2 N–H and O–H groups in total. The predicted molar refractivity (Wildman–Crippen MR) is 151 cm³/mol. The van der Waals surface area contributed by atoms with Crippen LogP contribution in [0.2, 0.25) is 10.0 Å². The molecule has 3 amide bonds. The third-order valence-electron chi connectivity index (χ3n) is 5.69. The summed E-state index contributed by atoms with van der Waals surface area (Å²) in [5, 5.41) is 11.2. The third-order valence-corrected chi connectivity index (χ3v) is 6.43. The number of methoxy groups -OCH3 is 2. The maximum Gasteiger partial charge on any atom is 0.322 e. The van der Waals surface area contributed by atoms with E-state index in [2.05, 4.69) is 10.6 Å². The third kappa shape index (κ3) is 7.11. The molecule has 9 nitrogen and oxygen atoms in total. The summed E-state index contributed by atoms with van der Waals surface area (Å²) in [4.78, 5) is 27.8. The monoisotopic (exact) mass is 561 g/mol. The van der Waals surface area contributed by atoms with Gasteiger partial charge in [-0.2, -0.15) is 5.10 Å². The first kappa shape index (κ1) is 29.1. The van der Waals surface area contributed by atoms with E-state index in [0.29, 0.717) is 38.7 Å². The Labute approximate surface area is 233 Å². The lowest BCUT2D eigenvalue weighted by Crippen LogP contribution is -2.44. The molecule has 0 spiro atoms. The van der Waals surface area contributed by atoms with E-state index in [9.17, 15) is 9.59 Å². The van der Waals surface area contributed by atoms with E-state index in [-0.39, 0.29) is 18.0 Å². The normalized spacial score (nSPS) is 11.3. The molecule has 0 saturated heterocycles. The number of nitrogens with zero attached hydrogens (tertiary/aromatic N) is 3. The van der Waals surface area contributed by atoms with Gasteiger partial charge in [-0.25, -0.2) is 9.48 Å². The molecule has 3 aromatic rings. The van der Waals surface area contributed by atoms with Crippen molar-refractivity contribution in [1.82, 2.24) is 14.7 Å². The number of benzene rings is 2. The standard InChI is InChI=1S/C27H33Cl2N5O4/c1-16(2)33(26(36)30-17-10-19(37-6)13-20(11-17)38-7)15-25(35)31-24-14-23(27(3,4)5)32-34(24)18-8-9-21(28)22(29)12-18/h8-14,16H,15H2,1-7H3,(H,30,36)(H,31,35). The van der Waals surface area contributed by atoms with Gasteiger partial charge in [0.25, 0.3) is 0 Å². The van der Waals surface area contributed by atoms with Gasteiger partial charge in [-0.1, -0.05) is 44.0 Å². The number of carbonyl (C=O) groups excluding carboxylic acids is 2. The van der Waals surface area contributed by atoms with Gasteiger partial charge in [0, 0.05) is 41.4 Å². The average Bonchev–Trinajstić information content (AvgIpc) is 3.27. The minimum absolute atomic E-state index is 0.192. The van der Waals surface area contributed by atoms with Crippen LogP contribution in [-0.2, 0) is 10.2 Å². The van der Waals surface area contributed by atoms with Crippen molar-refractivity contribution < 1.29 is 19.1 Å². The molecule has 0 atom stereocenters. The second-order valence-corrected chi connectivity index (χ2v) is 10.8. The molecular formula is C27H33Cl2N5O4. The van der Waals surface area contributed by atoms with Crippen molar-refractivity contribution in [2.75, 3.05) is 31.4 Å². The smallest absolute Gasteiger partial charge is 0.322 e. The predicted octanol–water partition coefficient (Wildman–Crippen LogP) is 6.37. The molecule has 0 aliphatic heterocycles. The number of hydrogen-bond acceptors (Lipinski definition) is 5. The highest BCUT2D eigenvalue weighted by Crippen LogP contribution is 2.30. The van der Waals surface area contributed by atoms with E-state index < -0.39 is 11.9 Å². The zero-order valence-corrected chi connectivity index (χ0v) is 24.1. The Morgan fingerprint density at radius 3 is 2.13 bits per heavy atom. The molecule has 0 fully saturated rings. The van der Waals surface area contributed by atoms with Crippen LogP contribution in [0.5, 0.6) is 11.5 Å². The lowest BCUT2D eigenvalue weighted by molar-refractivity contribution is -0.117. The van der Waals surface area contributed by atoms with Crippen LogP contribution in [0.25, 0.3) is 5.69 Å². The summed E-state index contributed by atoms with van der Waals surface area (Å²) in [6.45, 7) is 9.55. The Kier molecular flexibility index (Phi) is 9.17. The molecule has 2 aromatic carbocycles. The molecule has 0 bridgehead atoms. The van der Waals surface area contributed by atoms with Crippen molar-refractivity contribution in [1.29, 1.82) is 0 Å². The highest BCUT2D eigenvalue weighted by atomic mass is 35.5. The molecule has 0 aliphatic carbocycles. The molecule has 11 heteroatoms. The van der Waals surface area contributed by atoms with Gasteiger partial charge >= 0.3 is 6.03 Å². The number of amides is 3. The first-order chi connectivity index (χ1) is 17.8. The summed E-state index contributed by atoms with van der Waals surface area (Å²) in [7, 11) is 3.05. The summed E-state index contributed by atoms with van der Waals surface area (Å²) in [6.07, 6.45) is 0. The largest absolute Gasteiger partial charge is 0.497 e. The second-order valence-electron chi connectivity index (χ2n) is 9.98. The molecule has 38 heavy (non-hydrogen) atoms. The quantitative estimate of drug-likeness (QED) is 0.332. The van der Waals surface area contributed by atoms with Crippen LogP contribution >= 0.6 is 23.2 Å². The van der Waals surface area contributed by atoms with Gasteiger partial charge in [0.1, 0.15) is 23.9 Å². The Hall–Kier alpha value is -3.43. The van der Waals surface area contributed by atoms with Crippen molar-refractivity contribution in [2.45, 2.75) is 46.1 Å². The van der Waals surface area contributed by atoms with Crippen molar-refractivity contribution in [3.8, 4) is 17.2 Å². The number of hydrogen-bond donors (Lipinski definition) is 2. The molecule has 3 rings (SSSR count). The number of urea groups is 1. The van der Waals surface area contributed by atoms with Crippen LogP contribution in [0.4, 0.5) is 16.3 Å². The van der Waals surface area contributed by atoms with Gasteiger partial charge in [0.2, 0.25) is 5.91 Å². The van der Waals surface area contributed by atoms with Crippen molar-refractivity contribution in [2.24, 2.45) is 0 Å². The number of halogens is 2. The van der Waals surface area contributed by atoms with Crippen LogP contribution in [0.15, 0.2) is 42.5 Å². The first-order valence-electron chi connectivity index (χ1n) is 12.0. The van der Waals surface area contributed by atoms with Crippen LogP contribution < -0.4 is 20.1 Å². The maximum atomic E-state index is 13.2. The minimum Gasteiger partial charge on any atom is -0.497 e. The van der Waals surface area contributed by atoms with Crippen molar-refractivity contribution in [3.05, 3.63) is 58.2 Å². The Bertz CT molecular complexity index is 1300. The fourth-order valence-electron chi connectivity index (χ4n) is 3.55. The Balaban J connectivity index is 1.84. The highest BCUT2D eigenvalue weighted by molar-refractivity contribution is 6.42. The van der Waals surface area contributed by atoms with Gasteiger partial charge in [-0.05, 0) is 32.0 Å². The molecule has 204 valence electrons. The van der Waals surface area contributed by atoms with E-state index in [4.69, 9.17) is 37.8 Å². The van der Waals surface area contributed by atoms with Crippen molar-refractivity contribution >= 4 is 46.6 Å². The fourth-order valence-corrected chi connectivity index (χ4v) is 3.84. The Morgan fingerprint density at radius 1 is 0.974 bits per heavy atom. The zero-order chi connectivity index (χ0) is 28.2. The summed E-state index contributed by atoms with van der Waals surface area (Å²) >= 11 is 12.3. The van der Waals surface area contributed by atoms with Gasteiger partial charge in [-0.15, -0.1) is 0 Å². The Morgan fingerprint density at radius 2 is 1.61 bits per heavy atom. The lowest BCUT2D eigenvalue weighted by Gasteiger charge is -2.26. The molecule has 0 aliphatic rings. The number of carbonyl (C=O) groups is 2. The van der Waals surface area contributed by atoms with Crippen LogP contribution in [-0.4, -0.2) is 53.4 Å². The molecule has 1 heterocycles. The average molecular weight is 562 g/mol. The highest BCUT2D eigenvalue weighted by Gasteiger charge is 2.24. The van der Waals surface area contributed by atoms with Gasteiger partial charge in [0.05, 0.1) is 35.6 Å². The SMILES string of the molecule is COc1cc(NC(=O)N(CC(=O)Nc2cc(C(C)(C)C)nn2-c2ccc(Cl)c(Cl)c2)C(C)C)cc(OC)c1. The van der Waals surface area contributed by atoms with Crippen LogP contribution in [0.1, 0.15) is 40.3 Å². The number of aromatic nitrogens is 2. The minimum atomic E-state index is -0.446. The van der Waals surface area contributed by atoms with E-state index in [1.54, 1.807) is 41.1 Å². The number of rotatable bonds is 8. The summed E-state index contributed by atoms with van der Waals surface area (Å²) in [5.74, 6) is 1.11. The maximum absolute atomic E-state index is 13.2. The molecule has 0 saturated carbocycles. The van der Waals surface area contributed by atoms with Gasteiger partial charge in [-0.3, -0.25) is 4.79 Å². The number of ether oxygens (including phenoxy) is 2. The van der Waals surface area contributed by atoms with E-state index in [0.717, 1.165) is 5.69 Å². The fraction of sp³-hybridized carbons (Fsp3) is 0.370. The van der Waals surface area contributed by atoms with Crippen LogP contribution in [0, 0.1) is 0 Å². The van der Waals surface area contributed by atoms with Gasteiger partial charge in [0.15, 0.2) is 0 Å². The van der Waals surface area contributed by atoms with E-state index in [1.807, 2.05) is 40.7 Å². The van der Waals surface area contributed by atoms with E-state index >= 15 is 0 Å². The van der Waals surface area contributed by atoms with Gasteiger partial charge < -0.3 is 25.0 Å². The molecule has 1 aromatic heterocycles.